The maximum atomic E-state index is 10.8. The first-order chi connectivity index (χ1) is 12.3. The van der Waals surface area contributed by atoms with Crippen molar-refractivity contribution in [1.82, 2.24) is 0 Å². The van der Waals surface area contributed by atoms with E-state index in [9.17, 15) is 30.6 Å². The van der Waals surface area contributed by atoms with Crippen molar-refractivity contribution in [2.24, 2.45) is 5.73 Å². The van der Waals surface area contributed by atoms with Crippen molar-refractivity contribution in [2.75, 3.05) is 12.3 Å². The van der Waals surface area contributed by atoms with Crippen molar-refractivity contribution < 1.29 is 35.4 Å². The molecule has 9 heteroatoms. The molecule has 0 bridgehead atoms. The molecule has 0 aliphatic carbocycles. The fourth-order valence-corrected chi connectivity index (χ4v) is 4.08. The molecule has 1 aliphatic heterocycles. The Kier molecular flexibility index (Phi) is 4.94. The average Bonchev–Trinajstić information content (AvgIpc) is 2.58. The highest BCUT2D eigenvalue weighted by molar-refractivity contribution is 7.99. The summed E-state index contributed by atoms with van der Waals surface area (Å²) in [7, 11) is 0. The SMILES string of the molecule is NCCS[C@H]1c2c(O)cc(O)cc2O[C@H](c2cc(O)c(O)c(O)c2)[C@@H]1O. The lowest BCUT2D eigenvalue weighted by atomic mass is 9.93. The second kappa shape index (κ2) is 7.02. The molecule has 2 aromatic carbocycles. The van der Waals surface area contributed by atoms with Gasteiger partial charge in [-0.25, -0.2) is 0 Å². The fourth-order valence-electron chi connectivity index (χ4n) is 2.95. The third kappa shape index (κ3) is 3.16. The molecule has 3 rings (SSSR count). The van der Waals surface area contributed by atoms with Gasteiger partial charge in [-0.3, -0.25) is 0 Å². The second-order valence-electron chi connectivity index (χ2n) is 5.89. The monoisotopic (exact) mass is 381 g/mol. The topological polar surface area (TPSA) is 157 Å². The van der Waals surface area contributed by atoms with E-state index < -0.39 is 34.7 Å². The second-order valence-corrected chi connectivity index (χ2v) is 7.14. The summed E-state index contributed by atoms with van der Waals surface area (Å²) in [5.74, 6) is -1.57. The van der Waals surface area contributed by atoms with Gasteiger partial charge in [0.25, 0.3) is 0 Å². The standard InChI is InChI=1S/C17H19NO7S/c18-1-2-26-17-13-9(20)5-8(19)6-12(13)25-16(15(17)24)7-3-10(21)14(23)11(22)4-7/h3-6,15-17,19-24H,1-2,18H2/t15-,16+,17-/m0/s1. The molecule has 8 nitrogen and oxygen atoms in total. The third-order valence-electron chi connectivity index (χ3n) is 4.10. The maximum absolute atomic E-state index is 10.8. The van der Waals surface area contributed by atoms with Crippen LogP contribution in [0.3, 0.4) is 0 Å². The number of aromatic hydroxyl groups is 5. The molecule has 1 heterocycles. The summed E-state index contributed by atoms with van der Waals surface area (Å²) in [6.45, 7) is 0.356. The van der Waals surface area contributed by atoms with Crippen LogP contribution in [-0.4, -0.2) is 49.0 Å². The van der Waals surface area contributed by atoms with Gasteiger partial charge in [-0.1, -0.05) is 0 Å². The van der Waals surface area contributed by atoms with Gasteiger partial charge in [0.05, 0.1) is 10.8 Å². The number of fused-ring (bicyclic) bond motifs is 1. The van der Waals surface area contributed by atoms with Crippen LogP contribution in [0.5, 0.6) is 34.5 Å². The van der Waals surface area contributed by atoms with Crippen molar-refractivity contribution in [3.63, 3.8) is 0 Å². The van der Waals surface area contributed by atoms with Crippen molar-refractivity contribution in [3.8, 4) is 34.5 Å². The lowest BCUT2D eigenvalue weighted by Gasteiger charge is -2.37. The van der Waals surface area contributed by atoms with E-state index in [4.69, 9.17) is 10.5 Å². The number of benzene rings is 2. The van der Waals surface area contributed by atoms with Crippen molar-refractivity contribution >= 4 is 11.8 Å². The summed E-state index contributed by atoms with van der Waals surface area (Å²) in [6.07, 6.45) is -2.17. The van der Waals surface area contributed by atoms with Crippen molar-refractivity contribution in [3.05, 3.63) is 35.4 Å². The Morgan fingerprint density at radius 1 is 0.962 bits per heavy atom. The van der Waals surface area contributed by atoms with Crippen LogP contribution < -0.4 is 10.5 Å². The number of ether oxygens (including phenoxy) is 1. The largest absolute Gasteiger partial charge is 0.508 e. The molecular formula is C17H19NO7S. The average molecular weight is 381 g/mol. The van der Waals surface area contributed by atoms with E-state index in [1.54, 1.807) is 0 Å². The Morgan fingerprint density at radius 3 is 2.23 bits per heavy atom. The Morgan fingerprint density at radius 2 is 1.62 bits per heavy atom. The Labute approximate surface area is 153 Å². The zero-order valence-electron chi connectivity index (χ0n) is 13.5. The van der Waals surface area contributed by atoms with Gasteiger partial charge in [0, 0.05) is 30.0 Å². The molecule has 26 heavy (non-hydrogen) atoms. The van der Waals surface area contributed by atoms with Crippen LogP contribution in [0.2, 0.25) is 0 Å². The Hall–Kier alpha value is -2.49. The summed E-state index contributed by atoms with van der Waals surface area (Å²) in [5, 5.41) is 59.1. The van der Waals surface area contributed by atoms with E-state index >= 15 is 0 Å². The third-order valence-corrected chi connectivity index (χ3v) is 5.44. The minimum atomic E-state index is -1.15. The molecule has 0 radical (unpaired) electrons. The molecule has 8 N–H and O–H groups in total. The van der Waals surface area contributed by atoms with E-state index in [0.29, 0.717) is 17.9 Å². The van der Waals surface area contributed by atoms with Crippen LogP contribution in [0.25, 0.3) is 0 Å². The lowest BCUT2D eigenvalue weighted by molar-refractivity contribution is 0.0173. The van der Waals surface area contributed by atoms with Gasteiger partial charge in [0.1, 0.15) is 23.4 Å². The summed E-state index contributed by atoms with van der Waals surface area (Å²) in [6, 6.07) is 4.80. The van der Waals surface area contributed by atoms with E-state index in [1.807, 2.05) is 0 Å². The molecule has 0 saturated heterocycles. The fraction of sp³-hybridized carbons (Fsp3) is 0.294. The van der Waals surface area contributed by atoms with Gasteiger partial charge < -0.3 is 41.1 Å². The number of rotatable bonds is 4. The number of phenols is 5. The molecule has 3 atom stereocenters. The molecular weight excluding hydrogens is 362 g/mol. The normalized spacial score (nSPS) is 21.8. The van der Waals surface area contributed by atoms with Gasteiger partial charge in [-0.15, -0.1) is 11.8 Å². The first kappa shape index (κ1) is 18.3. The first-order valence-corrected chi connectivity index (χ1v) is 8.85. The smallest absolute Gasteiger partial charge is 0.200 e. The van der Waals surface area contributed by atoms with Gasteiger partial charge in [0.15, 0.2) is 23.4 Å². The summed E-state index contributed by atoms with van der Waals surface area (Å²) < 4.78 is 5.73. The van der Waals surface area contributed by atoms with Crippen LogP contribution in [0.4, 0.5) is 0 Å². The minimum absolute atomic E-state index is 0.166. The minimum Gasteiger partial charge on any atom is -0.508 e. The number of nitrogens with two attached hydrogens (primary N) is 1. The summed E-state index contributed by atoms with van der Waals surface area (Å²) >= 11 is 1.31. The van der Waals surface area contributed by atoms with Crippen molar-refractivity contribution in [2.45, 2.75) is 17.5 Å². The van der Waals surface area contributed by atoms with Gasteiger partial charge in [-0.2, -0.15) is 0 Å². The highest BCUT2D eigenvalue weighted by Crippen LogP contribution is 2.52. The van der Waals surface area contributed by atoms with Crippen LogP contribution in [0.15, 0.2) is 24.3 Å². The van der Waals surface area contributed by atoms with Gasteiger partial charge in [0.2, 0.25) is 0 Å². The maximum Gasteiger partial charge on any atom is 0.200 e. The molecule has 0 saturated carbocycles. The predicted molar refractivity (Wildman–Crippen MR) is 94.8 cm³/mol. The first-order valence-electron chi connectivity index (χ1n) is 7.80. The number of hydrogen-bond donors (Lipinski definition) is 7. The number of hydrogen-bond acceptors (Lipinski definition) is 9. The van der Waals surface area contributed by atoms with Gasteiger partial charge in [-0.05, 0) is 12.1 Å². The molecule has 140 valence electrons. The van der Waals surface area contributed by atoms with E-state index in [1.165, 1.54) is 30.0 Å². The highest BCUT2D eigenvalue weighted by atomic mass is 32.2. The number of aliphatic hydroxyl groups is 1. The van der Waals surface area contributed by atoms with Crippen LogP contribution >= 0.6 is 11.8 Å². The van der Waals surface area contributed by atoms with Gasteiger partial charge >= 0.3 is 0 Å². The van der Waals surface area contributed by atoms with Crippen molar-refractivity contribution in [1.29, 1.82) is 0 Å². The Balaban J connectivity index is 2.08. The number of aliphatic hydroxyl groups excluding tert-OH is 1. The van der Waals surface area contributed by atoms with E-state index in [0.717, 1.165) is 6.07 Å². The lowest BCUT2D eigenvalue weighted by Crippen LogP contribution is -2.33. The van der Waals surface area contributed by atoms with Crippen LogP contribution in [0, 0.1) is 0 Å². The van der Waals surface area contributed by atoms with Crippen LogP contribution in [-0.2, 0) is 0 Å². The quantitative estimate of drug-likeness (QED) is 0.389. The number of phenolic OH excluding ortho intramolecular Hbond substituents is 5. The number of thioether (sulfide) groups is 1. The van der Waals surface area contributed by atoms with Crippen LogP contribution in [0.1, 0.15) is 22.5 Å². The molecule has 0 amide bonds. The molecule has 0 spiro atoms. The zero-order valence-corrected chi connectivity index (χ0v) is 14.3. The predicted octanol–water partition coefficient (Wildman–Crippen LogP) is 1.44. The highest BCUT2D eigenvalue weighted by Gasteiger charge is 2.41. The summed E-state index contributed by atoms with van der Waals surface area (Å²) in [4.78, 5) is 0. The molecule has 0 unspecified atom stereocenters. The summed E-state index contributed by atoms with van der Waals surface area (Å²) in [5.41, 5.74) is 6.10. The zero-order chi connectivity index (χ0) is 19.0. The van der Waals surface area contributed by atoms with E-state index in [-0.39, 0.29) is 22.8 Å². The Bertz CT molecular complexity index is 806. The molecule has 0 fully saturated rings. The molecule has 0 aromatic heterocycles. The van der Waals surface area contributed by atoms with E-state index in [2.05, 4.69) is 0 Å². The molecule has 1 aliphatic rings. The molecule has 2 aromatic rings.